The van der Waals surface area contributed by atoms with Gasteiger partial charge < -0.3 is 0 Å². The average Bonchev–Trinajstić information content (AvgIpc) is 3.79. The first kappa shape index (κ1) is 34.1. The summed E-state index contributed by atoms with van der Waals surface area (Å²) in [5.74, 6) is -0.359. The van der Waals surface area contributed by atoms with Gasteiger partial charge in [0.2, 0.25) is 11.8 Å². The lowest BCUT2D eigenvalue weighted by molar-refractivity contribution is -0.137. The molecule has 0 heterocycles. The van der Waals surface area contributed by atoms with Crippen molar-refractivity contribution in [3.8, 4) is 6.07 Å². The summed E-state index contributed by atoms with van der Waals surface area (Å²) in [7, 11) is 0. The predicted molar refractivity (Wildman–Crippen MR) is 172 cm³/mol. The number of hydrogen-bond acceptors (Lipinski definition) is 5. The van der Waals surface area contributed by atoms with Gasteiger partial charge in [0.15, 0.2) is 11.6 Å². The van der Waals surface area contributed by atoms with Gasteiger partial charge in [-0.2, -0.15) is 5.26 Å². The van der Waals surface area contributed by atoms with E-state index < -0.39 is 21.7 Å². The topological polar surface area (TPSA) is 116 Å². The fraction of sp³-hybridized carbons (Fsp3) is 0.757. The number of Topliss-reactive ketones (excluding diaryl/α,β-unsaturated/α-hetero) is 1. The minimum atomic E-state index is -0.736. The van der Waals surface area contributed by atoms with Crippen LogP contribution in [0.4, 0.5) is 0 Å². The molecular formula is C37H55N3O4. The number of carbonyl (C=O) groups excluding carboxylic acids is 4. The van der Waals surface area contributed by atoms with E-state index in [0.29, 0.717) is 25.7 Å². The first-order chi connectivity index (χ1) is 20.3. The second-order valence-electron chi connectivity index (χ2n) is 16.9. The van der Waals surface area contributed by atoms with Crippen molar-refractivity contribution in [2.24, 2.45) is 44.3 Å². The predicted octanol–water partition coefficient (Wildman–Crippen LogP) is 7.32. The Hall–Kier alpha value is -2.75. The highest BCUT2D eigenvalue weighted by molar-refractivity contribution is 6.04. The van der Waals surface area contributed by atoms with Crippen molar-refractivity contribution in [2.75, 3.05) is 0 Å². The number of carbonyl (C=O) groups is 4. The van der Waals surface area contributed by atoms with Crippen LogP contribution in [-0.4, -0.2) is 23.4 Å². The summed E-state index contributed by atoms with van der Waals surface area (Å²) in [6, 6.07) is 2.16. The largest absolute Gasteiger partial charge is 0.295 e. The molecule has 7 nitrogen and oxygen atoms in total. The zero-order valence-electron chi connectivity index (χ0n) is 28.7. The van der Waals surface area contributed by atoms with E-state index in [4.69, 9.17) is 0 Å². The molecule has 0 radical (unpaired) electrons. The van der Waals surface area contributed by atoms with Gasteiger partial charge in [0, 0.05) is 28.6 Å². The summed E-state index contributed by atoms with van der Waals surface area (Å²) in [4.78, 5) is 53.0. The Morgan fingerprint density at radius 3 is 2.23 bits per heavy atom. The number of ketones is 2. The van der Waals surface area contributed by atoms with Crippen LogP contribution in [0.5, 0.6) is 0 Å². The van der Waals surface area contributed by atoms with Crippen molar-refractivity contribution in [1.29, 1.82) is 5.26 Å². The second kappa shape index (κ2) is 11.6. The van der Waals surface area contributed by atoms with Crippen molar-refractivity contribution in [1.82, 2.24) is 10.9 Å². The van der Waals surface area contributed by atoms with Crippen LogP contribution >= 0.6 is 0 Å². The molecule has 0 aromatic heterocycles. The van der Waals surface area contributed by atoms with E-state index in [2.05, 4.69) is 58.5 Å². The molecule has 2 N–H and O–H groups in total. The fourth-order valence-corrected chi connectivity index (χ4v) is 9.03. The molecule has 4 aliphatic carbocycles. The molecule has 44 heavy (non-hydrogen) atoms. The number of amides is 2. The first-order valence-electron chi connectivity index (χ1n) is 16.8. The lowest BCUT2D eigenvalue weighted by Gasteiger charge is -2.63. The van der Waals surface area contributed by atoms with E-state index >= 15 is 0 Å². The third kappa shape index (κ3) is 5.95. The zero-order chi connectivity index (χ0) is 32.9. The smallest absolute Gasteiger partial charge is 0.244 e. The SMILES string of the molecule is CCCC(C)(C)CC[C@@](C)(CC[C@]1(C)CC(=O)C=C2[C@@]3(C)C=C(C#N)C(=O)C(C)(C)[C@@H]3CC[C@]21C)C(=O)NNC(=O)C1CC1. The number of hydrogen-bond donors (Lipinski definition) is 2. The van der Waals surface area contributed by atoms with E-state index in [1.165, 1.54) is 0 Å². The summed E-state index contributed by atoms with van der Waals surface area (Å²) < 4.78 is 0. The van der Waals surface area contributed by atoms with E-state index in [1.807, 2.05) is 32.9 Å². The molecule has 2 fully saturated rings. The maximum absolute atomic E-state index is 13.8. The van der Waals surface area contributed by atoms with Gasteiger partial charge in [-0.15, -0.1) is 0 Å². The molecule has 4 aliphatic rings. The Morgan fingerprint density at radius 1 is 0.977 bits per heavy atom. The zero-order valence-corrected chi connectivity index (χ0v) is 28.7. The van der Waals surface area contributed by atoms with E-state index in [1.54, 1.807) is 0 Å². The maximum atomic E-state index is 13.8. The molecule has 2 amide bonds. The van der Waals surface area contributed by atoms with Gasteiger partial charge in [0.1, 0.15) is 6.07 Å². The van der Waals surface area contributed by atoms with Crippen LogP contribution < -0.4 is 10.9 Å². The highest BCUT2D eigenvalue weighted by Crippen LogP contribution is 2.69. The van der Waals surface area contributed by atoms with Gasteiger partial charge in [-0.25, -0.2) is 0 Å². The number of allylic oxidation sites excluding steroid dienone is 4. The van der Waals surface area contributed by atoms with Crippen LogP contribution in [-0.2, 0) is 19.2 Å². The molecule has 0 aromatic carbocycles. The average molecular weight is 606 g/mol. The number of hydrazine groups is 1. The van der Waals surface area contributed by atoms with E-state index in [9.17, 15) is 24.4 Å². The molecule has 7 heteroatoms. The summed E-state index contributed by atoms with van der Waals surface area (Å²) in [6.45, 7) is 19.2. The second-order valence-corrected chi connectivity index (χ2v) is 16.9. The van der Waals surface area contributed by atoms with Gasteiger partial charge in [-0.1, -0.05) is 80.4 Å². The van der Waals surface area contributed by atoms with Gasteiger partial charge >= 0.3 is 0 Å². The Labute approximate surface area is 265 Å². The highest BCUT2D eigenvalue weighted by atomic mass is 16.2. The summed E-state index contributed by atoms with van der Waals surface area (Å²) >= 11 is 0. The summed E-state index contributed by atoms with van der Waals surface area (Å²) in [6.07, 6.45) is 12.4. The van der Waals surface area contributed by atoms with Crippen LogP contribution in [0.2, 0.25) is 0 Å². The molecule has 0 bridgehead atoms. The minimum absolute atomic E-state index is 0.00508. The molecule has 0 spiro atoms. The lowest BCUT2D eigenvalue weighted by Crippen LogP contribution is -2.58. The number of nitrogens with zero attached hydrogens (tertiary/aromatic N) is 1. The van der Waals surface area contributed by atoms with Crippen LogP contribution in [0.3, 0.4) is 0 Å². The monoisotopic (exact) mass is 605 g/mol. The van der Waals surface area contributed by atoms with Crippen molar-refractivity contribution in [3.63, 3.8) is 0 Å². The number of fused-ring (bicyclic) bond motifs is 3. The number of nitrogens with one attached hydrogen (secondary N) is 2. The molecule has 0 saturated heterocycles. The van der Waals surface area contributed by atoms with Crippen molar-refractivity contribution < 1.29 is 19.2 Å². The highest BCUT2D eigenvalue weighted by Gasteiger charge is 2.63. The Bertz CT molecular complexity index is 1330. The molecule has 0 unspecified atom stereocenters. The number of rotatable bonds is 10. The van der Waals surface area contributed by atoms with Crippen LogP contribution in [0.25, 0.3) is 0 Å². The minimum Gasteiger partial charge on any atom is -0.295 e. The molecule has 242 valence electrons. The van der Waals surface area contributed by atoms with Crippen molar-refractivity contribution in [3.05, 3.63) is 23.3 Å². The Morgan fingerprint density at radius 2 is 1.64 bits per heavy atom. The molecule has 0 aromatic rings. The summed E-state index contributed by atoms with van der Waals surface area (Å²) in [5, 5.41) is 9.90. The van der Waals surface area contributed by atoms with Crippen LogP contribution in [0.1, 0.15) is 133 Å². The van der Waals surface area contributed by atoms with Crippen LogP contribution in [0, 0.1) is 55.7 Å². The number of nitriles is 1. The third-order valence-electron chi connectivity index (χ3n) is 12.6. The molecule has 0 aliphatic heterocycles. The summed E-state index contributed by atoms with van der Waals surface area (Å²) in [5.41, 5.74) is 3.93. The van der Waals surface area contributed by atoms with Gasteiger partial charge in [-0.3, -0.25) is 30.0 Å². The molecule has 4 rings (SSSR count). The molecular weight excluding hydrogens is 550 g/mol. The van der Waals surface area contributed by atoms with Crippen molar-refractivity contribution >= 4 is 23.4 Å². The first-order valence-corrected chi connectivity index (χ1v) is 16.8. The standard InChI is InChI=1S/C37H55N3O4/c1-10-14-32(2,3)16-17-34(6,31(44)40-39-30(43)24-11-12-24)18-19-35(7)22-26(41)20-28-36(8)21-25(23-38)29(42)33(4,5)27(36)13-15-37(28,35)9/h20-21,24,27H,10-19,22H2,1-9H3,(H,39,43)(H,40,44)/t27-,34-,35+,36-,37+/m0/s1. The van der Waals surface area contributed by atoms with Gasteiger partial charge in [0.05, 0.1) is 5.57 Å². The molecule has 5 atom stereocenters. The van der Waals surface area contributed by atoms with E-state index in [0.717, 1.165) is 50.5 Å². The maximum Gasteiger partial charge on any atom is 0.244 e. The molecule has 2 saturated carbocycles. The quantitative estimate of drug-likeness (QED) is 0.253. The van der Waals surface area contributed by atoms with E-state index in [-0.39, 0.29) is 51.6 Å². The fourth-order valence-electron chi connectivity index (χ4n) is 9.03. The van der Waals surface area contributed by atoms with Crippen molar-refractivity contribution in [2.45, 2.75) is 133 Å². The Balaban J connectivity index is 1.65. The normalized spacial score (nSPS) is 32.7. The van der Waals surface area contributed by atoms with Gasteiger partial charge in [-0.05, 0) is 86.0 Å². The lowest BCUT2D eigenvalue weighted by atomic mass is 9.40. The Kier molecular flexibility index (Phi) is 8.96. The third-order valence-corrected chi connectivity index (χ3v) is 12.6. The van der Waals surface area contributed by atoms with Crippen LogP contribution in [0.15, 0.2) is 23.3 Å². The van der Waals surface area contributed by atoms with Gasteiger partial charge in [0.25, 0.3) is 0 Å².